The number of nitrogens with one attached hydrogen (secondary N) is 2. The van der Waals surface area contributed by atoms with Gasteiger partial charge < -0.3 is 10.1 Å². The zero-order chi connectivity index (χ0) is 23.5. The predicted molar refractivity (Wildman–Crippen MR) is 117 cm³/mol. The highest BCUT2D eigenvalue weighted by molar-refractivity contribution is 6.07. The summed E-state index contributed by atoms with van der Waals surface area (Å²) in [6, 6.07) is 11.7. The Morgan fingerprint density at radius 2 is 1.75 bits per heavy atom. The summed E-state index contributed by atoms with van der Waals surface area (Å²) in [5, 5.41) is 5.99. The van der Waals surface area contributed by atoms with Crippen LogP contribution in [0.25, 0.3) is 5.69 Å². The molecule has 1 aromatic heterocycles. The number of ether oxygens (including phenoxy) is 1. The first kappa shape index (κ1) is 22.8. The van der Waals surface area contributed by atoms with E-state index < -0.39 is 23.3 Å². The summed E-state index contributed by atoms with van der Waals surface area (Å²) >= 11 is 0. The Morgan fingerprint density at radius 3 is 2.28 bits per heavy atom. The van der Waals surface area contributed by atoms with Crippen LogP contribution in [-0.4, -0.2) is 27.0 Å². The van der Waals surface area contributed by atoms with Gasteiger partial charge in [-0.05, 0) is 69.3 Å². The first-order valence-electron chi connectivity index (χ1n) is 10.0. The number of esters is 1. The fraction of sp³-hybridized carbons (Fsp3) is 0.261. The third-order valence-electron chi connectivity index (χ3n) is 4.43. The molecule has 1 heterocycles. The third kappa shape index (κ3) is 5.05. The van der Waals surface area contributed by atoms with Crippen LogP contribution in [0.15, 0.2) is 53.6 Å². The van der Waals surface area contributed by atoms with E-state index in [0.29, 0.717) is 29.2 Å². The van der Waals surface area contributed by atoms with Gasteiger partial charge in [-0.2, -0.15) is 5.11 Å². The van der Waals surface area contributed by atoms with Crippen molar-refractivity contribution in [3.63, 3.8) is 0 Å². The van der Waals surface area contributed by atoms with Crippen LogP contribution in [0.5, 0.6) is 0 Å². The zero-order valence-corrected chi connectivity index (χ0v) is 18.3. The SMILES string of the molecule is CCc1nc(NC(=O)c2ccc(N=N)cc2)c(C(=O)OC(C)(C)C)n1-c1ccc(F)cc1. The van der Waals surface area contributed by atoms with E-state index in [2.05, 4.69) is 15.4 Å². The van der Waals surface area contributed by atoms with Gasteiger partial charge in [0, 0.05) is 17.7 Å². The van der Waals surface area contributed by atoms with Crippen molar-refractivity contribution in [2.45, 2.75) is 39.7 Å². The van der Waals surface area contributed by atoms with Crippen molar-refractivity contribution in [3.05, 3.63) is 71.4 Å². The number of amides is 1. The molecule has 166 valence electrons. The molecule has 3 rings (SSSR count). The topological polar surface area (TPSA) is 109 Å². The second-order valence-corrected chi connectivity index (χ2v) is 8.01. The van der Waals surface area contributed by atoms with Crippen molar-refractivity contribution in [1.82, 2.24) is 9.55 Å². The van der Waals surface area contributed by atoms with Crippen LogP contribution in [0.3, 0.4) is 0 Å². The average molecular weight is 437 g/mol. The van der Waals surface area contributed by atoms with Crippen molar-refractivity contribution in [1.29, 1.82) is 5.53 Å². The first-order valence-corrected chi connectivity index (χ1v) is 10.0. The van der Waals surface area contributed by atoms with E-state index in [1.165, 1.54) is 48.5 Å². The average Bonchev–Trinajstić information content (AvgIpc) is 3.11. The van der Waals surface area contributed by atoms with E-state index in [4.69, 9.17) is 10.3 Å². The van der Waals surface area contributed by atoms with Gasteiger partial charge in [-0.1, -0.05) is 6.92 Å². The van der Waals surface area contributed by atoms with Gasteiger partial charge in [-0.25, -0.2) is 19.7 Å². The number of carbonyl (C=O) groups is 2. The highest BCUT2D eigenvalue weighted by atomic mass is 19.1. The van der Waals surface area contributed by atoms with Crippen LogP contribution in [-0.2, 0) is 11.2 Å². The number of carbonyl (C=O) groups excluding carboxylic acids is 2. The van der Waals surface area contributed by atoms with Crippen LogP contribution in [0.2, 0.25) is 0 Å². The van der Waals surface area contributed by atoms with Crippen LogP contribution in [0, 0.1) is 11.3 Å². The minimum atomic E-state index is -0.780. The Morgan fingerprint density at radius 1 is 1.12 bits per heavy atom. The van der Waals surface area contributed by atoms with Crippen molar-refractivity contribution in [3.8, 4) is 5.69 Å². The molecule has 8 nitrogen and oxygen atoms in total. The first-order chi connectivity index (χ1) is 15.1. The molecule has 9 heteroatoms. The van der Waals surface area contributed by atoms with Gasteiger partial charge in [-0.3, -0.25) is 9.36 Å². The number of rotatable bonds is 6. The molecule has 32 heavy (non-hydrogen) atoms. The Balaban J connectivity index is 2.09. The summed E-state index contributed by atoms with van der Waals surface area (Å²) in [5.41, 5.74) is 7.51. The molecular weight excluding hydrogens is 413 g/mol. The summed E-state index contributed by atoms with van der Waals surface area (Å²) in [5.74, 6) is -1.04. The minimum Gasteiger partial charge on any atom is -0.455 e. The van der Waals surface area contributed by atoms with Gasteiger partial charge in [-0.15, -0.1) is 0 Å². The maximum absolute atomic E-state index is 13.5. The number of imidazole rings is 1. The predicted octanol–water partition coefficient (Wildman–Crippen LogP) is 5.44. The van der Waals surface area contributed by atoms with Gasteiger partial charge in [0.15, 0.2) is 11.5 Å². The number of halogens is 1. The summed E-state index contributed by atoms with van der Waals surface area (Å²) in [6.07, 6.45) is 0.447. The molecule has 2 N–H and O–H groups in total. The van der Waals surface area contributed by atoms with Crippen LogP contribution < -0.4 is 5.32 Å². The Hall–Kier alpha value is -3.88. The van der Waals surface area contributed by atoms with Gasteiger partial charge in [0.25, 0.3) is 5.91 Å². The molecule has 0 saturated carbocycles. The molecule has 2 aromatic carbocycles. The van der Waals surface area contributed by atoms with E-state index in [-0.39, 0.29) is 11.5 Å². The number of anilines is 1. The smallest absolute Gasteiger partial charge is 0.359 e. The van der Waals surface area contributed by atoms with E-state index in [1.807, 2.05) is 6.92 Å². The minimum absolute atomic E-state index is 0.0366. The zero-order valence-electron chi connectivity index (χ0n) is 18.3. The Labute approximate surface area is 184 Å². The lowest BCUT2D eigenvalue weighted by atomic mass is 10.2. The van der Waals surface area contributed by atoms with E-state index in [9.17, 15) is 14.0 Å². The number of nitrogens with zero attached hydrogens (tertiary/aromatic N) is 3. The van der Waals surface area contributed by atoms with Crippen molar-refractivity contribution in [2.75, 3.05) is 5.32 Å². The molecule has 3 aromatic rings. The monoisotopic (exact) mass is 437 g/mol. The fourth-order valence-corrected chi connectivity index (χ4v) is 3.04. The van der Waals surface area contributed by atoms with Crippen molar-refractivity contribution < 1.29 is 18.7 Å². The van der Waals surface area contributed by atoms with Gasteiger partial charge in [0.05, 0.1) is 5.69 Å². The van der Waals surface area contributed by atoms with Crippen LogP contribution >= 0.6 is 0 Å². The summed E-state index contributed by atoms with van der Waals surface area (Å²) < 4.78 is 20.6. The Bertz CT molecular complexity index is 1150. The lowest BCUT2D eigenvalue weighted by Gasteiger charge is -2.21. The summed E-state index contributed by atoms with van der Waals surface area (Å²) in [7, 11) is 0. The highest BCUT2D eigenvalue weighted by Gasteiger charge is 2.29. The highest BCUT2D eigenvalue weighted by Crippen LogP contribution is 2.26. The van der Waals surface area contributed by atoms with E-state index in [1.54, 1.807) is 25.3 Å². The number of hydrogen-bond donors (Lipinski definition) is 2. The van der Waals surface area contributed by atoms with E-state index in [0.717, 1.165) is 0 Å². The van der Waals surface area contributed by atoms with Gasteiger partial charge in [0.1, 0.15) is 17.2 Å². The molecule has 0 radical (unpaired) electrons. The number of aryl methyl sites for hydroxylation is 1. The maximum Gasteiger partial charge on any atom is 0.359 e. The third-order valence-corrected chi connectivity index (χ3v) is 4.43. The normalized spacial score (nSPS) is 11.2. The van der Waals surface area contributed by atoms with E-state index >= 15 is 0 Å². The summed E-state index contributed by atoms with van der Waals surface area (Å²) in [6.45, 7) is 7.07. The maximum atomic E-state index is 13.5. The Kier molecular flexibility index (Phi) is 6.47. The molecule has 0 aliphatic carbocycles. The number of aromatic nitrogens is 2. The quantitative estimate of drug-likeness (QED) is 0.395. The lowest BCUT2D eigenvalue weighted by Crippen LogP contribution is -2.26. The molecule has 0 spiro atoms. The molecular formula is C23H24FN5O3. The van der Waals surface area contributed by atoms with Crippen LogP contribution in [0.1, 0.15) is 54.4 Å². The molecule has 0 bridgehead atoms. The van der Waals surface area contributed by atoms with Crippen LogP contribution in [0.4, 0.5) is 15.9 Å². The number of benzene rings is 2. The number of hydrogen-bond acceptors (Lipinski definition) is 6. The van der Waals surface area contributed by atoms with Crippen molar-refractivity contribution in [2.24, 2.45) is 5.11 Å². The summed E-state index contributed by atoms with van der Waals surface area (Å²) in [4.78, 5) is 30.4. The molecule has 0 fully saturated rings. The lowest BCUT2D eigenvalue weighted by molar-refractivity contribution is 0.00615. The standard InChI is InChI=1S/C23H24FN5O3/c1-5-18-26-20(27-21(30)14-6-10-16(28-25)11-7-14)19(22(31)32-23(2,3)4)29(18)17-12-8-15(24)9-13-17/h6-13,25H,5H2,1-4H3,(H,27,30). The second kappa shape index (κ2) is 9.09. The van der Waals surface area contributed by atoms with Crippen molar-refractivity contribution >= 4 is 23.4 Å². The molecule has 0 unspecified atom stereocenters. The molecule has 0 aliphatic rings. The van der Waals surface area contributed by atoms with Gasteiger partial charge in [0.2, 0.25) is 0 Å². The molecule has 1 amide bonds. The molecule has 0 saturated heterocycles. The molecule has 0 aliphatic heterocycles. The largest absolute Gasteiger partial charge is 0.455 e. The second-order valence-electron chi connectivity index (χ2n) is 8.01. The fourth-order valence-electron chi connectivity index (χ4n) is 3.04. The van der Waals surface area contributed by atoms with Gasteiger partial charge >= 0.3 is 5.97 Å². The molecule has 0 atom stereocenters.